The summed E-state index contributed by atoms with van der Waals surface area (Å²) >= 11 is 5.28. The van der Waals surface area contributed by atoms with Crippen LogP contribution in [0.2, 0.25) is 0 Å². The van der Waals surface area contributed by atoms with E-state index in [0.717, 1.165) is 0 Å². The quantitative estimate of drug-likeness (QED) is 0.356. The van der Waals surface area contributed by atoms with Gasteiger partial charge in [0.15, 0.2) is 0 Å². The lowest BCUT2D eigenvalue weighted by molar-refractivity contribution is 1.37. The van der Waals surface area contributed by atoms with Crippen molar-refractivity contribution in [1.29, 1.82) is 0 Å². The van der Waals surface area contributed by atoms with Crippen LogP contribution in [0.1, 0.15) is 17.9 Å². The minimum Gasteiger partial charge on any atom is -0.122 e. The molecular formula is C5H9Cl. The van der Waals surface area contributed by atoms with E-state index < -0.39 is 6.85 Å². The highest BCUT2D eigenvalue weighted by atomic mass is 35.5. The fourth-order valence-electron chi connectivity index (χ4n) is 0.116. The van der Waals surface area contributed by atoms with Gasteiger partial charge in [0.1, 0.15) is 0 Å². The van der Waals surface area contributed by atoms with Crippen molar-refractivity contribution in [2.45, 2.75) is 13.8 Å². The van der Waals surface area contributed by atoms with Gasteiger partial charge in [0.05, 0.1) is 0 Å². The largest absolute Gasteiger partial charge is 0.122 e. The highest BCUT2D eigenvalue weighted by molar-refractivity contribution is 6.18. The fourth-order valence-corrected chi connectivity index (χ4v) is 0.347. The molecule has 36 valence electrons. The van der Waals surface area contributed by atoms with Gasteiger partial charge in [0.2, 0.25) is 0 Å². The lowest BCUT2D eigenvalue weighted by Crippen LogP contribution is -1.62. The summed E-state index contributed by atoms with van der Waals surface area (Å²) in [5.74, 6) is 0.268. The summed E-state index contributed by atoms with van der Waals surface area (Å²) in [5.41, 5.74) is 0.359. The van der Waals surface area contributed by atoms with Gasteiger partial charge in [0, 0.05) is 9.99 Å². The van der Waals surface area contributed by atoms with E-state index in [0.29, 0.717) is 5.57 Å². The summed E-state index contributed by atoms with van der Waals surface area (Å²) in [7, 11) is 0. The van der Waals surface area contributed by atoms with E-state index >= 15 is 0 Å². The third-order valence-electron chi connectivity index (χ3n) is 0.383. The van der Waals surface area contributed by atoms with Crippen LogP contribution in [0.4, 0.5) is 0 Å². The van der Waals surface area contributed by atoms with Gasteiger partial charge in [-0.25, -0.2) is 0 Å². The Balaban J connectivity index is 4.03. The standard InChI is InChI=1S/C5H9Cl/c1-5(2)3-4-6/h3H,4H2,1-2H3/i1D3/b5-3+. The molecule has 0 rings (SSSR count). The molecule has 0 saturated carbocycles. The van der Waals surface area contributed by atoms with E-state index in [4.69, 9.17) is 15.7 Å². The number of allylic oxidation sites excluding steroid dienone is 2. The van der Waals surface area contributed by atoms with E-state index in [2.05, 4.69) is 0 Å². The third kappa shape index (κ3) is 4.03. The molecule has 0 spiro atoms. The smallest absolute Gasteiger partial charge is 0.0406 e. The second-order valence-electron chi connectivity index (χ2n) is 1.04. The van der Waals surface area contributed by atoms with Crippen LogP contribution in [-0.2, 0) is 0 Å². The van der Waals surface area contributed by atoms with E-state index in [-0.39, 0.29) is 5.88 Å². The lowest BCUT2D eigenvalue weighted by atomic mass is 10.3. The molecule has 0 unspecified atom stereocenters. The first-order valence-corrected chi connectivity index (χ1v) is 2.25. The summed E-state index contributed by atoms with van der Waals surface area (Å²) in [6, 6.07) is 0. The third-order valence-corrected chi connectivity index (χ3v) is 0.538. The normalized spacial score (nSPS) is 21.7. The molecule has 0 aromatic heterocycles. The first-order valence-electron chi connectivity index (χ1n) is 3.21. The predicted molar refractivity (Wildman–Crippen MR) is 30.2 cm³/mol. The summed E-state index contributed by atoms with van der Waals surface area (Å²) in [6.45, 7) is -0.412. The molecule has 0 bridgehead atoms. The highest BCUT2D eigenvalue weighted by Crippen LogP contribution is 1.87. The van der Waals surface area contributed by atoms with Crippen LogP contribution in [0.5, 0.6) is 0 Å². The number of hydrogen-bond acceptors (Lipinski definition) is 0. The first kappa shape index (κ1) is 2.37. The van der Waals surface area contributed by atoms with Gasteiger partial charge < -0.3 is 0 Å². The predicted octanol–water partition coefficient (Wildman–Crippen LogP) is 2.19. The van der Waals surface area contributed by atoms with Crippen molar-refractivity contribution in [3.8, 4) is 0 Å². The summed E-state index contributed by atoms with van der Waals surface area (Å²) < 4.78 is 20.5. The molecule has 1 heteroatoms. The minimum atomic E-state index is -1.96. The number of halogens is 1. The van der Waals surface area contributed by atoms with Gasteiger partial charge in [-0.3, -0.25) is 0 Å². The van der Waals surface area contributed by atoms with Crippen LogP contribution < -0.4 is 0 Å². The minimum absolute atomic E-state index is 0.268. The zero-order chi connectivity index (χ0) is 7.49. The van der Waals surface area contributed by atoms with E-state index in [9.17, 15) is 0 Å². The average Bonchev–Trinajstić information content (AvgIpc) is 1.64. The monoisotopic (exact) mass is 107 g/mol. The maximum atomic E-state index is 6.85. The Kier molecular flexibility index (Phi) is 1.27. The summed E-state index contributed by atoms with van der Waals surface area (Å²) in [6.07, 6.45) is 1.49. The number of rotatable bonds is 1. The molecule has 0 saturated heterocycles. The van der Waals surface area contributed by atoms with E-state index in [1.165, 1.54) is 6.08 Å². The second-order valence-corrected chi connectivity index (χ2v) is 1.35. The van der Waals surface area contributed by atoms with Crippen molar-refractivity contribution in [3.05, 3.63) is 11.6 Å². The molecule has 0 aliphatic rings. The van der Waals surface area contributed by atoms with Gasteiger partial charge in [-0.15, -0.1) is 11.6 Å². The number of alkyl halides is 1. The molecular weight excluding hydrogens is 95.5 g/mol. The van der Waals surface area contributed by atoms with Crippen LogP contribution in [0.15, 0.2) is 11.6 Å². The van der Waals surface area contributed by atoms with Crippen molar-refractivity contribution in [2.24, 2.45) is 0 Å². The maximum Gasteiger partial charge on any atom is 0.0406 e. The molecule has 0 radical (unpaired) electrons. The Bertz CT molecular complexity index is 114. The van der Waals surface area contributed by atoms with Crippen molar-refractivity contribution in [3.63, 3.8) is 0 Å². The molecule has 0 aliphatic carbocycles. The van der Waals surface area contributed by atoms with Gasteiger partial charge in [-0.05, 0) is 13.8 Å². The van der Waals surface area contributed by atoms with Gasteiger partial charge in [-0.2, -0.15) is 0 Å². The van der Waals surface area contributed by atoms with Crippen molar-refractivity contribution in [1.82, 2.24) is 0 Å². The fraction of sp³-hybridized carbons (Fsp3) is 0.600. The molecule has 0 fully saturated rings. The zero-order valence-corrected chi connectivity index (χ0v) is 4.42. The van der Waals surface area contributed by atoms with Crippen LogP contribution >= 0.6 is 11.6 Å². The molecule has 0 amide bonds. The molecule has 0 heterocycles. The van der Waals surface area contributed by atoms with Crippen LogP contribution in [0.25, 0.3) is 0 Å². The zero-order valence-electron chi connectivity index (χ0n) is 6.66. The van der Waals surface area contributed by atoms with Crippen LogP contribution in [0.3, 0.4) is 0 Å². The molecule has 0 nitrogen and oxygen atoms in total. The van der Waals surface area contributed by atoms with Gasteiger partial charge >= 0.3 is 0 Å². The SMILES string of the molecule is [2H]C([2H])([2H])/C(C)=C\CCl. The Hall–Kier alpha value is 0.0300. The topological polar surface area (TPSA) is 0 Å². The lowest BCUT2D eigenvalue weighted by Gasteiger charge is -1.78. The highest BCUT2D eigenvalue weighted by Gasteiger charge is 1.68. The van der Waals surface area contributed by atoms with E-state index in [1.807, 2.05) is 0 Å². The Labute approximate surface area is 48.0 Å². The van der Waals surface area contributed by atoms with Crippen LogP contribution in [0, 0.1) is 0 Å². The molecule has 0 aliphatic heterocycles. The average molecular weight is 108 g/mol. The Morgan fingerprint density at radius 3 is 3.00 bits per heavy atom. The summed E-state index contributed by atoms with van der Waals surface area (Å²) in [4.78, 5) is 0. The van der Waals surface area contributed by atoms with Crippen molar-refractivity contribution in [2.75, 3.05) is 5.88 Å². The number of hydrogen-bond donors (Lipinski definition) is 0. The molecule has 0 N–H and O–H groups in total. The van der Waals surface area contributed by atoms with Crippen LogP contribution in [-0.4, -0.2) is 5.88 Å². The molecule has 0 atom stereocenters. The molecule has 0 aromatic rings. The second kappa shape index (κ2) is 3.23. The first-order chi connectivity index (χ1) is 3.98. The molecule has 0 aromatic carbocycles. The Morgan fingerprint density at radius 1 is 2.17 bits per heavy atom. The Morgan fingerprint density at radius 2 is 2.83 bits per heavy atom. The molecule has 6 heavy (non-hydrogen) atoms. The van der Waals surface area contributed by atoms with Gasteiger partial charge in [-0.1, -0.05) is 11.6 Å². The van der Waals surface area contributed by atoms with Crippen molar-refractivity contribution < 1.29 is 4.11 Å². The van der Waals surface area contributed by atoms with E-state index in [1.54, 1.807) is 6.92 Å². The maximum absolute atomic E-state index is 6.85. The van der Waals surface area contributed by atoms with Crippen molar-refractivity contribution >= 4 is 11.6 Å². The van der Waals surface area contributed by atoms with Gasteiger partial charge in [0.25, 0.3) is 0 Å². The summed E-state index contributed by atoms with van der Waals surface area (Å²) in [5, 5.41) is 0.